The molecule has 0 amide bonds. The molecule has 0 unspecified atom stereocenters. The summed E-state index contributed by atoms with van der Waals surface area (Å²) in [7, 11) is 0. The molecule has 0 saturated heterocycles. The molecule has 7 nitrogen and oxygen atoms in total. The van der Waals surface area contributed by atoms with E-state index in [1.807, 2.05) is 19.9 Å². The molecule has 0 aliphatic rings. The van der Waals surface area contributed by atoms with Crippen molar-refractivity contribution in [1.29, 1.82) is 0 Å². The van der Waals surface area contributed by atoms with E-state index in [0.717, 1.165) is 15.9 Å². The molecule has 3 aromatic rings. The second-order valence-corrected chi connectivity index (χ2v) is 6.65. The lowest BCUT2D eigenvalue weighted by Crippen LogP contribution is -2.06. The minimum Gasteiger partial charge on any atom is -0.506 e. The first-order valence-electron chi connectivity index (χ1n) is 6.61. The fourth-order valence-corrected chi connectivity index (χ4v) is 3.34. The van der Waals surface area contributed by atoms with Gasteiger partial charge in [0.25, 0.3) is 5.95 Å². The fraction of sp³-hybridized carbons (Fsp3) is 0.143. The molecule has 0 aliphatic heterocycles. The van der Waals surface area contributed by atoms with Gasteiger partial charge in [0.05, 0.1) is 16.4 Å². The Balaban J connectivity index is 1.99. The lowest BCUT2D eigenvalue weighted by molar-refractivity contribution is 0.471. The lowest BCUT2D eigenvalue weighted by Gasteiger charge is -2.04. The molecule has 9 heteroatoms. The zero-order valence-electron chi connectivity index (χ0n) is 12.3. The van der Waals surface area contributed by atoms with Crippen LogP contribution >= 0.6 is 31.9 Å². The van der Waals surface area contributed by atoms with E-state index in [0.29, 0.717) is 16.0 Å². The van der Waals surface area contributed by atoms with Crippen LogP contribution in [0.2, 0.25) is 0 Å². The normalized spacial score (nSPS) is 11.5. The van der Waals surface area contributed by atoms with E-state index >= 15 is 0 Å². The van der Waals surface area contributed by atoms with Crippen LogP contribution < -0.4 is 0 Å². The molecule has 3 rings (SSSR count). The van der Waals surface area contributed by atoms with Crippen molar-refractivity contribution < 1.29 is 5.11 Å². The Morgan fingerprint density at radius 1 is 1.22 bits per heavy atom. The molecule has 0 aliphatic carbocycles. The number of hydrogen-bond acceptors (Lipinski definition) is 5. The number of hydrogen-bond donors (Lipinski definition) is 1. The Labute approximate surface area is 148 Å². The SMILES string of the molecule is Cc1cc(C)n(-c2nncn2/N=C\c2cc(Br)cc(Br)c2O)n1. The number of benzene rings is 1. The minimum absolute atomic E-state index is 0.109. The summed E-state index contributed by atoms with van der Waals surface area (Å²) >= 11 is 6.67. The first kappa shape index (κ1) is 15.9. The van der Waals surface area contributed by atoms with Crippen molar-refractivity contribution in [3.8, 4) is 11.7 Å². The summed E-state index contributed by atoms with van der Waals surface area (Å²) in [5.41, 5.74) is 2.37. The highest BCUT2D eigenvalue weighted by Crippen LogP contribution is 2.30. The van der Waals surface area contributed by atoms with E-state index in [1.54, 1.807) is 16.8 Å². The monoisotopic (exact) mass is 438 g/mol. The number of rotatable bonds is 3. The maximum atomic E-state index is 10.1. The predicted molar refractivity (Wildman–Crippen MR) is 93.1 cm³/mol. The van der Waals surface area contributed by atoms with Crippen molar-refractivity contribution >= 4 is 38.1 Å². The van der Waals surface area contributed by atoms with Gasteiger partial charge in [0.2, 0.25) is 0 Å². The number of phenols is 1. The summed E-state index contributed by atoms with van der Waals surface area (Å²) in [5.74, 6) is 0.582. The molecular weight excluding hydrogens is 428 g/mol. The average Bonchev–Trinajstić information content (AvgIpc) is 3.07. The largest absolute Gasteiger partial charge is 0.506 e. The van der Waals surface area contributed by atoms with Crippen LogP contribution in [-0.4, -0.2) is 36.0 Å². The molecular formula is C14H12Br2N6O. The van der Waals surface area contributed by atoms with Crippen LogP contribution in [-0.2, 0) is 0 Å². The Morgan fingerprint density at radius 3 is 2.70 bits per heavy atom. The topological polar surface area (TPSA) is 81.1 Å². The van der Waals surface area contributed by atoms with E-state index in [2.05, 4.69) is 52.3 Å². The standard InChI is InChI=1S/C14H12Br2N6O/c1-8-3-9(2)22(20-8)14-19-17-7-21(14)18-6-10-4-11(15)5-12(16)13(10)23/h3-7,23H,1-2H3/b18-6-. The summed E-state index contributed by atoms with van der Waals surface area (Å²) in [6, 6.07) is 5.46. The average molecular weight is 440 g/mol. The van der Waals surface area contributed by atoms with Gasteiger partial charge in [0.15, 0.2) is 0 Å². The highest BCUT2D eigenvalue weighted by molar-refractivity contribution is 9.11. The molecule has 1 aromatic carbocycles. The van der Waals surface area contributed by atoms with Gasteiger partial charge in [-0.2, -0.15) is 14.9 Å². The first-order chi connectivity index (χ1) is 11.0. The van der Waals surface area contributed by atoms with Gasteiger partial charge >= 0.3 is 0 Å². The van der Waals surface area contributed by atoms with Gasteiger partial charge in [0.1, 0.15) is 12.1 Å². The van der Waals surface area contributed by atoms with Gasteiger partial charge in [-0.15, -0.1) is 10.2 Å². The van der Waals surface area contributed by atoms with E-state index in [9.17, 15) is 5.11 Å². The molecule has 0 spiro atoms. The summed E-state index contributed by atoms with van der Waals surface area (Å²) in [5, 5.41) is 26.7. The zero-order valence-corrected chi connectivity index (χ0v) is 15.4. The van der Waals surface area contributed by atoms with Gasteiger partial charge in [-0.3, -0.25) is 0 Å². The lowest BCUT2D eigenvalue weighted by atomic mass is 10.2. The predicted octanol–water partition coefficient (Wildman–Crippen LogP) is 3.19. The van der Waals surface area contributed by atoms with Crippen LogP contribution in [0.3, 0.4) is 0 Å². The second kappa shape index (κ2) is 6.25. The van der Waals surface area contributed by atoms with Crippen LogP contribution in [0.25, 0.3) is 5.95 Å². The van der Waals surface area contributed by atoms with E-state index in [1.165, 1.54) is 17.2 Å². The molecule has 2 aromatic heterocycles. The molecule has 0 fully saturated rings. The molecule has 0 atom stereocenters. The zero-order chi connectivity index (χ0) is 16.6. The number of phenolic OH excluding ortho intramolecular Hbond substituents is 1. The molecule has 0 saturated carbocycles. The van der Waals surface area contributed by atoms with E-state index < -0.39 is 0 Å². The third kappa shape index (κ3) is 3.20. The van der Waals surface area contributed by atoms with Crippen molar-refractivity contribution in [3.63, 3.8) is 0 Å². The quantitative estimate of drug-likeness (QED) is 0.635. The van der Waals surface area contributed by atoms with Gasteiger partial charge in [0, 0.05) is 15.7 Å². The number of aryl methyl sites for hydroxylation is 2. The third-order valence-corrected chi connectivity index (χ3v) is 4.15. The number of aromatic hydroxyl groups is 1. The van der Waals surface area contributed by atoms with Crippen molar-refractivity contribution in [2.75, 3.05) is 0 Å². The van der Waals surface area contributed by atoms with Gasteiger partial charge in [-0.25, -0.2) is 4.68 Å². The van der Waals surface area contributed by atoms with Gasteiger partial charge in [-0.05, 0) is 48.0 Å². The Kier molecular flexibility index (Phi) is 4.31. The maximum absolute atomic E-state index is 10.1. The van der Waals surface area contributed by atoms with E-state index in [4.69, 9.17) is 0 Å². The second-order valence-electron chi connectivity index (χ2n) is 4.88. The Morgan fingerprint density at radius 2 is 2.00 bits per heavy atom. The van der Waals surface area contributed by atoms with Crippen LogP contribution in [0.4, 0.5) is 0 Å². The van der Waals surface area contributed by atoms with Crippen molar-refractivity contribution in [2.24, 2.45) is 5.10 Å². The molecule has 1 N–H and O–H groups in total. The summed E-state index contributed by atoms with van der Waals surface area (Å²) in [6.07, 6.45) is 3.01. The van der Waals surface area contributed by atoms with Crippen molar-refractivity contribution in [3.05, 3.63) is 50.4 Å². The molecule has 23 heavy (non-hydrogen) atoms. The van der Waals surface area contributed by atoms with Crippen LogP contribution in [0.1, 0.15) is 17.0 Å². The number of halogens is 2. The highest BCUT2D eigenvalue weighted by Gasteiger charge is 2.11. The van der Waals surface area contributed by atoms with Crippen LogP contribution in [0.15, 0.2) is 38.6 Å². The Bertz CT molecular complexity index is 899. The van der Waals surface area contributed by atoms with Gasteiger partial charge < -0.3 is 5.11 Å². The van der Waals surface area contributed by atoms with Crippen LogP contribution in [0, 0.1) is 13.8 Å². The smallest absolute Gasteiger partial charge is 0.273 e. The van der Waals surface area contributed by atoms with Crippen molar-refractivity contribution in [1.82, 2.24) is 24.7 Å². The Hall–Kier alpha value is -2.00. The molecule has 0 radical (unpaired) electrons. The highest BCUT2D eigenvalue weighted by atomic mass is 79.9. The molecule has 118 valence electrons. The van der Waals surface area contributed by atoms with Crippen LogP contribution in [0.5, 0.6) is 5.75 Å². The number of nitrogens with zero attached hydrogens (tertiary/aromatic N) is 6. The van der Waals surface area contributed by atoms with Crippen molar-refractivity contribution in [2.45, 2.75) is 13.8 Å². The minimum atomic E-state index is 0.109. The summed E-state index contributed by atoms with van der Waals surface area (Å²) in [4.78, 5) is 0. The fourth-order valence-electron chi connectivity index (χ4n) is 2.08. The first-order valence-corrected chi connectivity index (χ1v) is 8.20. The molecule has 2 heterocycles. The third-order valence-electron chi connectivity index (χ3n) is 3.09. The summed E-state index contributed by atoms with van der Waals surface area (Å²) < 4.78 is 4.56. The summed E-state index contributed by atoms with van der Waals surface area (Å²) in [6.45, 7) is 3.84. The van der Waals surface area contributed by atoms with Gasteiger partial charge in [-0.1, -0.05) is 15.9 Å². The maximum Gasteiger partial charge on any atom is 0.273 e. The number of aromatic nitrogens is 5. The van der Waals surface area contributed by atoms with E-state index in [-0.39, 0.29) is 5.75 Å². The molecule has 0 bridgehead atoms.